The van der Waals surface area contributed by atoms with Gasteiger partial charge in [-0.25, -0.2) is 0 Å². The maximum absolute atomic E-state index is 12.6. The standard InChI is InChI=1S/C19H20N2O5/c1-3-13-8-9-14(10-17(13)21(25)26)19(24)20-16(11-18(22)23)15-7-5-4-6-12(15)2/h4-10,16H,3,11H2,1-2H3,(H,20,24)(H,22,23). The summed E-state index contributed by atoms with van der Waals surface area (Å²) >= 11 is 0. The first-order chi connectivity index (χ1) is 12.3. The predicted molar refractivity (Wildman–Crippen MR) is 96.1 cm³/mol. The van der Waals surface area contributed by atoms with Crippen molar-refractivity contribution in [3.8, 4) is 0 Å². The van der Waals surface area contributed by atoms with Gasteiger partial charge in [-0.2, -0.15) is 0 Å². The van der Waals surface area contributed by atoms with E-state index in [9.17, 15) is 19.7 Å². The summed E-state index contributed by atoms with van der Waals surface area (Å²) in [5, 5.41) is 23.0. The third-order valence-corrected chi connectivity index (χ3v) is 4.17. The fourth-order valence-corrected chi connectivity index (χ4v) is 2.81. The molecule has 1 atom stereocenters. The number of rotatable bonds is 7. The number of benzene rings is 2. The monoisotopic (exact) mass is 356 g/mol. The van der Waals surface area contributed by atoms with E-state index in [2.05, 4.69) is 5.32 Å². The smallest absolute Gasteiger partial charge is 0.305 e. The first kappa shape index (κ1) is 19.1. The molecule has 7 heteroatoms. The highest BCUT2D eigenvalue weighted by Gasteiger charge is 2.22. The van der Waals surface area contributed by atoms with Gasteiger partial charge in [0.25, 0.3) is 11.6 Å². The molecule has 0 radical (unpaired) electrons. The fraction of sp³-hybridized carbons (Fsp3) is 0.263. The van der Waals surface area contributed by atoms with Gasteiger partial charge in [-0.1, -0.05) is 37.3 Å². The number of aliphatic carboxylic acids is 1. The molecule has 1 amide bonds. The van der Waals surface area contributed by atoms with Crippen LogP contribution in [-0.4, -0.2) is 21.9 Å². The summed E-state index contributed by atoms with van der Waals surface area (Å²) in [4.78, 5) is 34.4. The first-order valence-electron chi connectivity index (χ1n) is 8.19. The molecule has 2 rings (SSSR count). The van der Waals surface area contributed by atoms with E-state index in [4.69, 9.17) is 5.11 Å². The molecule has 0 spiro atoms. The molecule has 2 aromatic rings. The Balaban J connectivity index is 2.33. The number of nitrogens with one attached hydrogen (secondary N) is 1. The summed E-state index contributed by atoms with van der Waals surface area (Å²) < 4.78 is 0. The normalized spacial score (nSPS) is 11.6. The number of hydrogen-bond donors (Lipinski definition) is 2. The van der Waals surface area contributed by atoms with E-state index in [0.717, 1.165) is 5.56 Å². The number of nitro benzene ring substituents is 1. The number of carbonyl (C=O) groups excluding carboxylic acids is 1. The van der Waals surface area contributed by atoms with Crippen LogP contribution in [0.25, 0.3) is 0 Å². The minimum absolute atomic E-state index is 0.120. The molecule has 0 bridgehead atoms. The number of aryl methyl sites for hydroxylation is 2. The topological polar surface area (TPSA) is 110 Å². The number of nitrogens with zero attached hydrogens (tertiary/aromatic N) is 1. The Morgan fingerprint density at radius 3 is 2.50 bits per heavy atom. The number of nitro groups is 1. The average Bonchev–Trinajstić information content (AvgIpc) is 2.60. The van der Waals surface area contributed by atoms with Gasteiger partial charge in [-0.15, -0.1) is 0 Å². The van der Waals surface area contributed by atoms with Gasteiger partial charge in [0.05, 0.1) is 17.4 Å². The van der Waals surface area contributed by atoms with Gasteiger partial charge >= 0.3 is 5.97 Å². The molecule has 0 saturated carbocycles. The van der Waals surface area contributed by atoms with Crippen LogP contribution in [0.1, 0.15) is 46.4 Å². The number of carbonyl (C=O) groups is 2. The van der Waals surface area contributed by atoms with Crippen molar-refractivity contribution < 1.29 is 19.6 Å². The van der Waals surface area contributed by atoms with Gasteiger partial charge in [-0.05, 0) is 30.5 Å². The zero-order valence-corrected chi connectivity index (χ0v) is 14.6. The van der Waals surface area contributed by atoms with E-state index < -0.39 is 22.8 Å². The Bertz CT molecular complexity index is 848. The van der Waals surface area contributed by atoms with Crippen LogP contribution >= 0.6 is 0 Å². The highest BCUT2D eigenvalue weighted by Crippen LogP contribution is 2.24. The lowest BCUT2D eigenvalue weighted by Gasteiger charge is -2.19. The molecule has 0 aromatic heterocycles. The lowest BCUT2D eigenvalue weighted by atomic mass is 9.98. The maximum atomic E-state index is 12.6. The van der Waals surface area contributed by atoms with Crippen molar-refractivity contribution in [1.29, 1.82) is 0 Å². The summed E-state index contributed by atoms with van der Waals surface area (Å²) in [7, 11) is 0. The zero-order valence-electron chi connectivity index (χ0n) is 14.6. The van der Waals surface area contributed by atoms with Crippen LogP contribution in [0.5, 0.6) is 0 Å². The molecule has 0 aliphatic heterocycles. The highest BCUT2D eigenvalue weighted by atomic mass is 16.6. The Labute approximate surface area is 150 Å². The van der Waals surface area contributed by atoms with Gasteiger partial charge < -0.3 is 10.4 Å². The van der Waals surface area contributed by atoms with Crippen LogP contribution in [-0.2, 0) is 11.2 Å². The van der Waals surface area contributed by atoms with E-state index in [-0.39, 0.29) is 17.7 Å². The number of carboxylic acid groups (broad SMARTS) is 1. The number of carboxylic acids is 1. The SMILES string of the molecule is CCc1ccc(C(=O)NC(CC(=O)O)c2ccccc2C)cc1[N+](=O)[O-]. The summed E-state index contributed by atoms with van der Waals surface area (Å²) in [5.41, 5.74) is 2.09. The Hall–Kier alpha value is -3.22. The summed E-state index contributed by atoms with van der Waals surface area (Å²) in [6.07, 6.45) is 0.189. The van der Waals surface area contributed by atoms with Gasteiger partial charge in [0, 0.05) is 17.2 Å². The Morgan fingerprint density at radius 1 is 1.23 bits per heavy atom. The van der Waals surface area contributed by atoms with Crippen molar-refractivity contribution in [2.75, 3.05) is 0 Å². The van der Waals surface area contributed by atoms with Crippen LogP contribution in [0.4, 0.5) is 5.69 Å². The van der Waals surface area contributed by atoms with Crippen molar-refractivity contribution >= 4 is 17.6 Å². The predicted octanol–water partition coefficient (Wildman–Crippen LogP) is 3.41. The molecule has 0 fully saturated rings. The van der Waals surface area contributed by atoms with Crippen LogP contribution < -0.4 is 5.32 Å². The molecule has 0 aliphatic carbocycles. The lowest BCUT2D eigenvalue weighted by Crippen LogP contribution is -2.30. The van der Waals surface area contributed by atoms with Gasteiger partial charge in [0.15, 0.2) is 0 Å². The van der Waals surface area contributed by atoms with Crippen LogP contribution in [0.15, 0.2) is 42.5 Å². The Morgan fingerprint density at radius 2 is 1.92 bits per heavy atom. The molecule has 1 unspecified atom stereocenters. The maximum Gasteiger partial charge on any atom is 0.305 e. The second-order valence-corrected chi connectivity index (χ2v) is 5.93. The molecule has 2 aromatic carbocycles. The molecule has 136 valence electrons. The second kappa shape index (κ2) is 8.24. The summed E-state index contributed by atoms with van der Waals surface area (Å²) in [6, 6.07) is 10.7. The van der Waals surface area contributed by atoms with Gasteiger partial charge in [-0.3, -0.25) is 19.7 Å². The molecule has 7 nitrogen and oxygen atoms in total. The van der Waals surface area contributed by atoms with Crippen LogP contribution in [0, 0.1) is 17.0 Å². The van der Waals surface area contributed by atoms with E-state index in [1.54, 1.807) is 25.1 Å². The number of hydrogen-bond acceptors (Lipinski definition) is 4. The first-order valence-corrected chi connectivity index (χ1v) is 8.19. The summed E-state index contributed by atoms with van der Waals surface area (Å²) in [5.74, 6) is -1.60. The quantitative estimate of drug-likeness (QED) is 0.583. The molecule has 2 N–H and O–H groups in total. The van der Waals surface area contributed by atoms with E-state index in [0.29, 0.717) is 17.5 Å². The van der Waals surface area contributed by atoms with E-state index in [1.807, 2.05) is 19.1 Å². The molecule has 0 heterocycles. The average molecular weight is 356 g/mol. The van der Waals surface area contributed by atoms with Gasteiger partial charge in [0.2, 0.25) is 0 Å². The minimum atomic E-state index is -1.05. The second-order valence-electron chi connectivity index (χ2n) is 5.93. The third kappa shape index (κ3) is 4.44. The third-order valence-electron chi connectivity index (χ3n) is 4.17. The summed E-state index contributed by atoms with van der Waals surface area (Å²) in [6.45, 7) is 3.63. The van der Waals surface area contributed by atoms with Crippen molar-refractivity contribution in [3.63, 3.8) is 0 Å². The fourth-order valence-electron chi connectivity index (χ4n) is 2.81. The zero-order chi connectivity index (χ0) is 19.3. The van der Waals surface area contributed by atoms with Gasteiger partial charge in [0.1, 0.15) is 0 Å². The Kier molecular flexibility index (Phi) is 6.06. The van der Waals surface area contributed by atoms with Crippen LogP contribution in [0.3, 0.4) is 0 Å². The number of amides is 1. The van der Waals surface area contributed by atoms with E-state index >= 15 is 0 Å². The van der Waals surface area contributed by atoms with Crippen molar-refractivity contribution in [1.82, 2.24) is 5.32 Å². The molecule has 26 heavy (non-hydrogen) atoms. The lowest BCUT2D eigenvalue weighted by molar-refractivity contribution is -0.385. The molecule has 0 saturated heterocycles. The highest BCUT2D eigenvalue weighted by molar-refractivity contribution is 5.95. The molecular formula is C19H20N2O5. The molecule has 0 aliphatic rings. The van der Waals surface area contributed by atoms with Crippen molar-refractivity contribution in [2.24, 2.45) is 0 Å². The minimum Gasteiger partial charge on any atom is -0.481 e. The van der Waals surface area contributed by atoms with Crippen molar-refractivity contribution in [3.05, 3.63) is 74.8 Å². The largest absolute Gasteiger partial charge is 0.481 e. The van der Waals surface area contributed by atoms with E-state index in [1.165, 1.54) is 12.1 Å². The van der Waals surface area contributed by atoms with Crippen molar-refractivity contribution in [2.45, 2.75) is 32.7 Å². The van der Waals surface area contributed by atoms with Crippen LogP contribution in [0.2, 0.25) is 0 Å². The molecular weight excluding hydrogens is 336 g/mol.